The van der Waals surface area contributed by atoms with Crippen LogP contribution in [0.25, 0.3) is 6.08 Å². The Balaban J connectivity index is 1.48. The molecular weight excluding hydrogens is 468 g/mol. The van der Waals surface area contributed by atoms with Crippen LogP contribution in [-0.2, 0) is 14.3 Å². The van der Waals surface area contributed by atoms with Crippen molar-refractivity contribution in [3.05, 3.63) is 34.7 Å². The molecule has 3 rings (SSSR count). The first-order chi connectivity index (χ1) is 16.6. The van der Waals surface area contributed by atoms with Crippen LogP contribution in [-0.4, -0.2) is 66.4 Å². The van der Waals surface area contributed by atoms with Crippen molar-refractivity contribution in [3.63, 3.8) is 0 Å². The molecule has 4 amide bonds. The van der Waals surface area contributed by atoms with Crippen LogP contribution in [0.2, 0.25) is 0 Å². The van der Waals surface area contributed by atoms with E-state index in [0.29, 0.717) is 50.3 Å². The van der Waals surface area contributed by atoms with Crippen molar-refractivity contribution in [2.75, 3.05) is 37.6 Å². The number of nitrogens with zero attached hydrogens (tertiary/aromatic N) is 2. The van der Waals surface area contributed by atoms with Gasteiger partial charge in [0.2, 0.25) is 5.91 Å². The van der Waals surface area contributed by atoms with Gasteiger partial charge in [0.1, 0.15) is 5.60 Å². The van der Waals surface area contributed by atoms with E-state index in [-0.39, 0.29) is 17.1 Å². The molecular formula is C25H34N4O5S. The summed E-state index contributed by atoms with van der Waals surface area (Å²) in [5.41, 5.74) is 1.33. The topological polar surface area (TPSA) is 108 Å². The van der Waals surface area contributed by atoms with Crippen LogP contribution in [0.3, 0.4) is 0 Å². The fraction of sp³-hybridized carbons (Fsp3) is 0.520. The molecule has 2 aliphatic rings. The number of carbonyl (C=O) groups excluding carboxylic acids is 4. The Kier molecular flexibility index (Phi) is 9.20. The van der Waals surface area contributed by atoms with Gasteiger partial charge in [0.25, 0.3) is 11.1 Å². The number of amides is 4. The number of rotatable bonds is 7. The van der Waals surface area contributed by atoms with Gasteiger partial charge in [-0.15, -0.1) is 0 Å². The summed E-state index contributed by atoms with van der Waals surface area (Å²) >= 11 is 0.907. The highest BCUT2D eigenvalue weighted by molar-refractivity contribution is 8.18. The molecule has 35 heavy (non-hydrogen) atoms. The smallest absolute Gasteiger partial charge is 0.407 e. The summed E-state index contributed by atoms with van der Waals surface area (Å²) < 4.78 is 5.21. The van der Waals surface area contributed by atoms with Crippen molar-refractivity contribution in [3.8, 4) is 0 Å². The number of ether oxygens (including phenoxy) is 1. The molecule has 2 saturated heterocycles. The minimum atomic E-state index is -0.527. The molecule has 2 heterocycles. The Hall–Kier alpha value is -3.01. The molecule has 0 bridgehead atoms. The van der Waals surface area contributed by atoms with Gasteiger partial charge in [0.05, 0.1) is 4.91 Å². The molecule has 0 radical (unpaired) electrons. The van der Waals surface area contributed by atoms with Gasteiger partial charge in [-0.1, -0.05) is 18.2 Å². The number of carbonyl (C=O) groups is 4. The van der Waals surface area contributed by atoms with Crippen molar-refractivity contribution in [2.45, 2.75) is 52.1 Å². The van der Waals surface area contributed by atoms with Gasteiger partial charge in [0.15, 0.2) is 0 Å². The molecule has 9 nitrogen and oxygen atoms in total. The number of nitrogens with one attached hydrogen (secondary N) is 2. The van der Waals surface area contributed by atoms with Crippen LogP contribution in [0.5, 0.6) is 0 Å². The van der Waals surface area contributed by atoms with E-state index < -0.39 is 11.7 Å². The van der Waals surface area contributed by atoms with Crippen molar-refractivity contribution in [1.82, 2.24) is 15.5 Å². The van der Waals surface area contributed by atoms with E-state index in [9.17, 15) is 19.2 Å². The standard InChI is InChI=1S/C25H34N4O5S/c1-25(2,3)34-23(32)26-12-7-6-11-21(30)29-14-8-13-28(15-16-29)19-10-5-4-9-18(19)17-20-22(31)27-24(33)35-20/h4-5,9-10,17H,6-8,11-16H2,1-3H3,(H,26,32)(H,27,31,33)/b20-17-. The summed E-state index contributed by atoms with van der Waals surface area (Å²) in [6.07, 6.45) is 4.00. The Morgan fingerprint density at radius 1 is 1.11 bits per heavy atom. The number of imide groups is 1. The predicted molar refractivity (Wildman–Crippen MR) is 137 cm³/mol. The van der Waals surface area contributed by atoms with E-state index >= 15 is 0 Å². The molecule has 1 aromatic rings. The number of benzene rings is 1. The molecule has 0 aliphatic carbocycles. The van der Waals surface area contributed by atoms with Crippen molar-refractivity contribution in [2.24, 2.45) is 0 Å². The lowest BCUT2D eigenvalue weighted by atomic mass is 10.1. The molecule has 2 fully saturated rings. The predicted octanol–water partition coefficient (Wildman–Crippen LogP) is 3.74. The quantitative estimate of drug-likeness (QED) is 0.432. The van der Waals surface area contributed by atoms with Gasteiger partial charge in [-0.2, -0.15) is 0 Å². The van der Waals surface area contributed by atoms with Crippen LogP contribution in [0.15, 0.2) is 29.2 Å². The molecule has 2 aliphatic heterocycles. The van der Waals surface area contributed by atoms with Gasteiger partial charge in [-0.05, 0) is 69.5 Å². The SMILES string of the molecule is CC(C)(C)OC(=O)NCCCCC(=O)N1CCCN(c2ccccc2/C=C2\SC(=O)NC2=O)CC1. The van der Waals surface area contributed by atoms with E-state index in [2.05, 4.69) is 15.5 Å². The third kappa shape index (κ3) is 8.31. The Morgan fingerprint density at radius 2 is 1.89 bits per heavy atom. The number of hydrogen-bond donors (Lipinski definition) is 2. The maximum absolute atomic E-state index is 12.7. The third-order valence-electron chi connectivity index (χ3n) is 5.54. The summed E-state index contributed by atoms with van der Waals surface area (Å²) in [4.78, 5) is 52.4. The van der Waals surface area contributed by atoms with Gasteiger partial charge < -0.3 is 19.9 Å². The second kappa shape index (κ2) is 12.1. The highest BCUT2D eigenvalue weighted by Crippen LogP contribution is 2.30. The lowest BCUT2D eigenvalue weighted by molar-refractivity contribution is -0.131. The number of unbranched alkanes of at least 4 members (excludes halogenated alkanes) is 1. The second-order valence-electron chi connectivity index (χ2n) is 9.52. The van der Waals surface area contributed by atoms with E-state index in [0.717, 1.165) is 36.0 Å². The molecule has 2 N–H and O–H groups in total. The van der Waals surface area contributed by atoms with E-state index in [1.54, 1.807) is 6.08 Å². The molecule has 0 spiro atoms. The first kappa shape index (κ1) is 26.6. The first-order valence-corrected chi connectivity index (χ1v) is 12.8. The monoisotopic (exact) mass is 502 g/mol. The zero-order valence-corrected chi connectivity index (χ0v) is 21.4. The Morgan fingerprint density at radius 3 is 2.60 bits per heavy atom. The Bertz CT molecular complexity index is 988. The number of anilines is 1. The molecule has 1 aromatic carbocycles. The molecule has 0 saturated carbocycles. The average molecular weight is 503 g/mol. The van der Waals surface area contributed by atoms with Crippen LogP contribution in [0, 0.1) is 0 Å². The lowest BCUT2D eigenvalue weighted by Gasteiger charge is -2.25. The molecule has 190 valence electrons. The van der Waals surface area contributed by atoms with Gasteiger partial charge in [0, 0.05) is 44.8 Å². The highest BCUT2D eigenvalue weighted by atomic mass is 32.2. The van der Waals surface area contributed by atoms with Gasteiger partial charge >= 0.3 is 6.09 Å². The van der Waals surface area contributed by atoms with E-state index in [1.165, 1.54) is 0 Å². The first-order valence-electron chi connectivity index (χ1n) is 12.0. The summed E-state index contributed by atoms with van der Waals surface area (Å²) in [6.45, 7) is 8.72. The fourth-order valence-corrected chi connectivity index (χ4v) is 4.60. The second-order valence-corrected chi connectivity index (χ2v) is 10.5. The Labute approximate surface area is 210 Å². The highest BCUT2D eigenvalue weighted by Gasteiger charge is 2.26. The molecule has 0 aromatic heterocycles. The van der Waals surface area contributed by atoms with Crippen LogP contribution in [0.4, 0.5) is 15.3 Å². The van der Waals surface area contributed by atoms with E-state index in [1.807, 2.05) is 49.9 Å². The van der Waals surface area contributed by atoms with Gasteiger partial charge in [-0.25, -0.2) is 4.79 Å². The zero-order valence-electron chi connectivity index (χ0n) is 20.6. The van der Waals surface area contributed by atoms with Crippen LogP contribution >= 0.6 is 11.8 Å². The maximum Gasteiger partial charge on any atom is 0.407 e. The summed E-state index contributed by atoms with van der Waals surface area (Å²) in [6, 6.07) is 7.78. The summed E-state index contributed by atoms with van der Waals surface area (Å²) in [5, 5.41) is 4.65. The zero-order chi connectivity index (χ0) is 25.4. The number of alkyl carbamates (subject to hydrolysis) is 1. The maximum atomic E-state index is 12.7. The number of hydrogen-bond acceptors (Lipinski definition) is 7. The van der Waals surface area contributed by atoms with Crippen LogP contribution in [0.1, 0.15) is 52.0 Å². The minimum Gasteiger partial charge on any atom is -0.444 e. The molecule has 0 atom stereocenters. The lowest BCUT2D eigenvalue weighted by Crippen LogP contribution is -2.35. The number of para-hydroxylation sites is 1. The third-order valence-corrected chi connectivity index (χ3v) is 6.35. The van der Waals surface area contributed by atoms with Gasteiger partial charge in [-0.3, -0.25) is 19.7 Å². The van der Waals surface area contributed by atoms with Crippen molar-refractivity contribution < 1.29 is 23.9 Å². The average Bonchev–Trinajstić information content (AvgIpc) is 2.96. The van der Waals surface area contributed by atoms with E-state index in [4.69, 9.17) is 4.74 Å². The van der Waals surface area contributed by atoms with Crippen LogP contribution < -0.4 is 15.5 Å². The molecule has 10 heteroatoms. The fourth-order valence-electron chi connectivity index (χ4n) is 3.93. The largest absolute Gasteiger partial charge is 0.444 e. The van der Waals surface area contributed by atoms with Crippen molar-refractivity contribution in [1.29, 1.82) is 0 Å². The minimum absolute atomic E-state index is 0.122. The molecule has 0 unspecified atom stereocenters. The summed E-state index contributed by atoms with van der Waals surface area (Å²) in [5.74, 6) is -0.249. The normalized spacial score (nSPS) is 17.9. The van der Waals surface area contributed by atoms with Crippen molar-refractivity contribution >= 4 is 46.7 Å². The summed E-state index contributed by atoms with van der Waals surface area (Å²) in [7, 11) is 0. The number of thioether (sulfide) groups is 1.